The van der Waals surface area contributed by atoms with Gasteiger partial charge in [0.1, 0.15) is 16.5 Å². The van der Waals surface area contributed by atoms with E-state index in [1.165, 1.54) is 30.6 Å². The van der Waals surface area contributed by atoms with Gasteiger partial charge in [0.2, 0.25) is 0 Å². The lowest BCUT2D eigenvalue weighted by molar-refractivity contribution is 0.102. The molecular weight excluding hydrogens is 454 g/mol. The molecule has 158 valence electrons. The van der Waals surface area contributed by atoms with E-state index in [2.05, 4.69) is 15.0 Å². The Morgan fingerprint density at radius 1 is 1.00 bits per heavy atom. The second-order valence-electron chi connectivity index (χ2n) is 6.33. The van der Waals surface area contributed by atoms with Crippen LogP contribution in [-0.4, -0.2) is 26.4 Å². The predicted molar refractivity (Wildman–Crippen MR) is 124 cm³/mol. The molecule has 0 aliphatic heterocycles. The molecule has 0 saturated heterocycles. The van der Waals surface area contributed by atoms with Gasteiger partial charge in [-0.3, -0.25) is 9.52 Å². The van der Waals surface area contributed by atoms with Crippen LogP contribution in [0.5, 0.6) is 5.75 Å². The Kier molecular flexibility index (Phi) is 6.03. The highest BCUT2D eigenvalue weighted by molar-refractivity contribution is 7.92. The number of aromatic nitrogens is 1. The van der Waals surface area contributed by atoms with Crippen molar-refractivity contribution >= 4 is 50.0 Å². The van der Waals surface area contributed by atoms with Crippen LogP contribution >= 0.6 is 22.7 Å². The molecule has 4 rings (SSSR count). The van der Waals surface area contributed by atoms with E-state index in [4.69, 9.17) is 4.74 Å². The Hall–Kier alpha value is -3.21. The summed E-state index contributed by atoms with van der Waals surface area (Å²) in [4.78, 5) is 17.9. The molecule has 0 fully saturated rings. The van der Waals surface area contributed by atoms with Crippen molar-refractivity contribution < 1.29 is 17.9 Å². The SMILES string of the molecule is COc1ccc(NS(=O)(=O)c2cccc(NC(=O)c3csc(-c4cccs4)n3)c2)cc1. The van der Waals surface area contributed by atoms with Gasteiger partial charge in [-0.05, 0) is 53.9 Å². The van der Waals surface area contributed by atoms with Gasteiger partial charge < -0.3 is 10.1 Å². The van der Waals surface area contributed by atoms with Crippen molar-refractivity contribution in [3.63, 3.8) is 0 Å². The maximum atomic E-state index is 12.7. The number of benzene rings is 2. The summed E-state index contributed by atoms with van der Waals surface area (Å²) in [5.41, 5.74) is 1.03. The van der Waals surface area contributed by atoms with Crippen molar-refractivity contribution in [2.75, 3.05) is 17.1 Å². The van der Waals surface area contributed by atoms with Crippen LogP contribution < -0.4 is 14.8 Å². The normalized spacial score (nSPS) is 11.1. The molecule has 2 aromatic heterocycles. The monoisotopic (exact) mass is 471 g/mol. The lowest BCUT2D eigenvalue weighted by Gasteiger charge is -2.10. The van der Waals surface area contributed by atoms with Crippen molar-refractivity contribution in [1.29, 1.82) is 0 Å². The number of sulfonamides is 1. The van der Waals surface area contributed by atoms with Gasteiger partial charge in [0, 0.05) is 16.8 Å². The van der Waals surface area contributed by atoms with Crippen molar-refractivity contribution in [3.8, 4) is 15.6 Å². The fourth-order valence-electron chi connectivity index (χ4n) is 2.70. The standard InChI is InChI=1S/C21H17N3O4S3/c1-28-16-9-7-14(8-10-16)24-31(26,27)17-5-2-4-15(12-17)22-20(25)18-13-30-21(23-18)19-6-3-11-29-19/h2-13,24H,1H3,(H,22,25). The summed E-state index contributed by atoms with van der Waals surface area (Å²) in [6, 6.07) is 16.4. The second-order valence-corrected chi connectivity index (χ2v) is 9.82. The molecule has 0 bridgehead atoms. The Morgan fingerprint density at radius 2 is 1.81 bits per heavy atom. The molecule has 0 saturated carbocycles. The fraction of sp³-hybridized carbons (Fsp3) is 0.0476. The largest absolute Gasteiger partial charge is 0.497 e. The van der Waals surface area contributed by atoms with Crippen LogP contribution in [0.1, 0.15) is 10.5 Å². The number of hydrogen-bond acceptors (Lipinski definition) is 7. The summed E-state index contributed by atoms with van der Waals surface area (Å²) >= 11 is 2.93. The Labute approximate surface area is 187 Å². The van der Waals surface area contributed by atoms with Crippen molar-refractivity contribution in [3.05, 3.63) is 77.1 Å². The first-order chi connectivity index (χ1) is 14.9. The van der Waals surface area contributed by atoms with E-state index in [9.17, 15) is 13.2 Å². The molecular formula is C21H17N3O4S3. The predicted octanol–water partition coefficient (Wildman–Crippen LogP) is 4.93. The number of thiazole rings is 1. The molecule has 2 heterocycles. The molecule has 31 heavy (non-hydrogen) atoms. The number of nitrogens with one attached hydrogen (secondary N) is 2. The molecule has 0 unspecified atom stereocenters. The van der Waals surface area contributed by atoms with Crippen molar-refractivity contribution in [1.82, 2.24) is 4.98 Å². The number of ether oxygens (including phenoxy) is 1. The zero-order valence-electron chi connectivity index (χ0n) is 16.2. The fourth-order valence-corrected chi connectivity index (χ4v) is 5.42. The second kappa shape index (κ2) is 8.88. The summed E-state index contributed by atoms with van der Waals surface area (Å²) in [5.74, 6) is 0.216. The Bertz CT molecular complexity index is 1300. The van der Waals surface area contributed by atoms with Crippen LogP contribution in [0.2, 0.25) is 0 Å². The van der Waals surface area contributed by atoms with E-state index >= 15 is 0 Å². The molecule has 10 heteroatoms. The van der Waals surface area contributed by atoms with Gasteiger partial charge in [-0.1, -0.05) is 12.1 Å². The minimum Gasteiger partial charge on any atom is -0.497 e. The average molecular weight is 472 g/mol. The van der Waals surface area contributed by atoms with E-state index in [1.807, 2.05) is 17.5 Å². The third-order valence-electron chi connectivity index (χ3n) is 4.21. The van der Waals surface area contributed by atoms with E-state index in [1.54, 1.807) is 53.1 Å². The summed E-state index contributed by atoms with van der Waals surface area (Å²) < 4.78 is 33.1. The first kappa shape index (κ1) is 21.0. The van der Waals surface area contributed by atoms with Gasteiger partial charge in [-0.25, -0.2) is 13.4 Å². The molecule has 0 radical (unpaired) electrons. The van der Waals surface area contributed by atoms with Gasteiger partial charge in [0.25, 0.3) is 15.9 Å². The van der Waals surface area contributed by atoms with Crippen molar-refractivity contribution in [2.45, 2.75) is 4.90 Å². The number of anilines is 2. The quantitative estimate of drug-likeness (QED) is 0.398. The van der Waals surface area contributed by atoms with Crippen molar-refractivity contribution in [2.24, 2.45) is 0 Å². The van der Waals surface area contributed by atoms with E-state index in [0.717, 1.165) is 9.88 Å². The molecule has 0 atom stereocenters. The minimum atomic E-state index is -3.84. The molecule has 0 aliphatic rings. The maximum Gasteiger partial charge on any atom is 0.275 e. The van der Waals surface area contributed by atoms with Gasteiger partial charge >= 0.3 is 0 Å². The molecule has 0 aliphatic carbocycles. The van der Waals surface area contributed by atoms with Crippen LogP contribution in [-0.2, 0) is 10.0 Å². The number of thiophene rings is 1. The lowest BCUT2D eigenvalue weighted by atomic mass is 10.3. The minimum absolute atomic E-state index is 0.0265. The third kappa shape index (κ3) is 4.93. The summed E-state index contributed by atoms with van der Waals surface area (Å²) in [6.45, 7) is 0. The number of carbonyl (C=O) groups is 1. The van der Waals surface area contributed by atoms with Gasteiger partial charge in [-0.15, -0.1) is 22.7 Å². The number of methoxy groups -OCH3 is 1. The Morgan fingerprint density at radius 3 is 2.52 bits per heavy atom. The summed E-state index contributed by atoms with van der Waals surface area (Å²) in [7, 11) is -2.30. The molecule has 2 aromatic carbocycles. The zero-order valence-corrected chi connectivity index (χ0v) is 18.7. The van der Waals surface area contributed by atoms with E-state index in [0.29, 0.717) is 17.1 Å². The van der Waals surface area contributed by atoms with Crippen LogP contribution in [0.3, 0.4) is 0 Å². The number of carbonyl (C=O) groups excluding carboxylic acids is 1. The van der Waals surface area contributed by atoms with E-state index < -0.39 is 15.9 Å². The summed E-state index contributed by atoms with van der Waals surface area (Å²) in [6.07, 6.45) is 0. The van der Waals surface area contributed by atoms with Crippen LogP contribution in [0, 0.1) is 0 Å². The van der Waals surface area contributed by atoms with Gasteiger partial charge in [0.05, 0.1) is 16.9 Å². The average Bonchev–Trinajstić information content (AvgIpc) is 3.46. The number of nitrogens with zero attached hydrogens (tertiary/aromatic N) is 1. The highest BCUT2D eigenvalue weighted by Gasteiger charge is 2.17. The number of rotatable bonds is 7. The number of amides is 1. The zero-order chi connectivity index (χ0) is 21.8. The molecule has 0 spiro atoms. The molecule has 1 amide bonds. The van der Waals surface area contributed by atoms with Crippen LogP contribution in [0.4, 0.5) is 11.4 Å². The lowest BCUT2D eigenvalue weighted by Crippen LogP contribution is -2.15. The summed E-state index contributed by atoms with van der Waals surface area (Å²) in [5, 5.41) is 7.10. The first-order valence-corrected chi connectivity index (χ1v) is 12.3. The third-order valence-corrected chi connectivity index (χ3v) is 7.47. The van der Waals surface area contributed by atoms with Gasteiger partial charge in [0.15, 0.2) is 0 Å². The Balaban J connectivity index is 1.49. The smallest absolute Gasteiger partial charge is 0.275 e. The highest BCUT2D eigenvalue weighted by atomic mass is 32.2. The maximum absolute atomic E-state index is 12.7. The highest BCUT2D eigenvalue weighted by Crippen LogP contribution is 2.28. The first-order valence-electron chi connectivity index (χ1n) is 9.02. The molecule has 7 nitrogen and oxygen atoms in total. The molecule has 4 aromatic rings. The van der Waals surface area contributed by atoms with Crippen LogP contribution in [0.25, 0.3) is 9.88 Å². The van der Waals surface area contributed by atoms with E-state index in [-0.39, 0.29) is 10.6 Å². The van der Waals surface area contributed by atoms with Gasteiger partial charge in [-0.2, -0.15) is 0 Å². The van der Waals surface area contributed by atoms with Crippen LogP contribution in [0.15, 0.2) is 76.3 Å². The topological polar surface area (TPSA) is 97.4 Å². The molecule has 2 N–H and O–H groups in total. The number of hydrogen-bond donors (Lipinski definition) is 2.